The molecule has 29 heavy (non-hydrogen) atoms. The van der Waals surface area contributed by atoms with Gasteiger partial charge in [0.15, 0.2) is 5.92 Å². The van der Waals surface area contributed by atoms with Crippen molar-refractivity contribution in [1.82, 2.24) is 9.55 Å². The van der Waals surface area contributed by atoms with Crippen LogP contribution in [0, 0.1) is 5.92 Å². The monoisotopic (exact) mass is 396 g/mol. The van der Waals surface area contributed by atoms with Gasteiger partial charge in [-0.3, -0.25) is 9.59 Å². The van der Waals surface area contributed by atoms with Crippen LogP contribution in [0.1, 0.15) is 11.6 Å². The second kappa shape index (κ2) is 8.47. The zero-order valence-corrected chi connectivity index (χ0v) is 15.9. The molecule has 1 unspecified atom stereocenters. The molecule has 150 valence electrons. The molecule has 0 aliphatic rings. The number of aliphatic carboxylic acids is 2. The number of aromatic nitrogens is 2. The van der Waals surface area contributed by atoms with Crippen LogP contribution in [-0.4, -0.2) is 45.9 Å². The topological polar surface area (TPSA) is 111 Å². The number of ether oxygens (including phenoxy) is 2. The van der Waals surface area contributed by atoms with E-state index in [2.05, 4.69) is 4.98 Å². The van der Waals surface area contributed by atoms with Crippen LogP contribution < -0.4 is 9.47 Å². The van der Waals surface area contributed by atoms with Crippen molar-refractivity contribution in [3.8, 4) is 22.9 Å². The first-order valence-electron chi connectivity index (χ1n) is 8.73. The van der Waals surface area contributed by atoms with Crippen LogP contribution in [0.15, 0.2) is 60.9 Å². The average Bonchev–Trinajstić information content (AvgIpc) is 3.21. The Morgan fingerprint density at radius 2 is 1.69 bits per heavy atom. The summed E-state index contributed by atoms with van der Waals surface area (Å²) >= 11 is 0. The van der Waals surface area contributed by atoms with Crippen LogP contribution >= 0.6 is 0 Å². The first kappa shape index (κ1) is 19.9. The van der Waals surface area contributed by atoms with Crippen molar-refractivity contribution in [3.05, 3.63) is 66.5 Å². The highest BCUT2D eigenvalue weighted by atomic mass is 16.5. The first-order chi connectivity index (χ1) is 14.0. The third-order valence-electron chi connectivity index (χ3n) is 4.61. The number of carboxylic acid groups (broad SMARTS) is 2. The van der Waals surface area contributed by atoms with Gasteiger partial charge in [0.1, 0.15) is 17.3 Å². The van der Waals surface area contributed by atoms with Gasteiger partial charge in [-0.15, -0.1) is 0 Å². The highest BCUT2D eigenvalue weighted by Crippen LogP contribution is 2.38. The Labute approximate surface area is 167 Å². The number of benzene rings is 2. The number of hydrogen-bond donors (Lipinski definition) is 2. The van der Waals surface area contributed by atoms with E-state index in [1.807, 2.05) is 30.3 Å². The molecule has 8 heteroatoms. The van der Waals surface area contributed by atoms with Crippen molar-refractivity contribution >= 4 is 11.9 Å². The summed E-state index contributed by atoms with van der Waals surface area (Å²) < 4.78 is 12.2. The number of nitrogens with zero attached hydrogens (tertiary/aromatic N) is 2. The minimum atomic E-state index is -1.77. The van der Waals surface area contributed by atoms with Crippen LogP contribution in [0.5, 0.6) is 11.5 Å². The summed E-state index contributed by atoms with van der Waals surface area (Å²) in [6.07, 6.45) is 3.07. The molecule has 0 spiro atoms. The maximum Gasteiger partial charge on any atom is 0.320 e. The molecule has 0 amide bonds. The number of rotatable bonds is 8. The summed E-state index contributed by atoms with van der Waals surface area (Å²) in [5.41, 5.74) is 1.11. The Morgan fingerprint density at radius 1 is 1.00 bits per heavy atom. The summed E-state index contributed by atoms with van der Waals surface area (Å²) in [4.78, 5) is 28.2. The predicted octanol–water partition coefficient (Wildman–Crippen LogP) is 2.94. The Bertz CT molecular complexity index is 1000. The zero-order valence-electron chi connectivity index (χ0n) is 15.9. The maximum atomic E-state index is 11.9. The lowest BCUT2D eigenvalue weighted by Crippen LogP contribution is -2.34. The van der Waals surface area contributed by atoms with Gasteiger partial charge in [-0.2, -0.15) is 0 Å². The Hall–Kier alpha value is -3.81. The fourth-order valence-corrected chi connectivity index (χ4v) is 3.28. The van der Waals surface area contributed by atoms with E-state index in [0.717, 1.165) is 5.56 Å². The van der Waals surface area contributed by atoms with E-state index >= 15 is 0 Å². The standard InChI is InChI=1S/C21H20N2O6/c1-28-14-8-9-15(16(12-14)29-2)18(17(20(24)25)21(26)27)23-11-10-22-19(23)13-6-4-3-5-7-13/h3-12,17-18H,1-2H3,(H,24,25)(H,26,27). The molecular weight excluding hydrogens is 376 g/mol. The molecule has 1 atom stereocenters. The van der Waals surface area contributed by atoms with Crippen molar-refractivity contribution in [1.29, 1.82) is 0 Å². The third-order valence-corrected chi connectivity index (χ3v) is 4.61. The van der Waals surface area contributed by atoms with Gasteiger partial charge in [0.05, 0.1) is 20.3 Å². The van der Waals surface area contributed by atoms with E-state index < -0.39 is 23.9 Å². The number of imidazole rings is 1. The Balaban J connectivity index is 2.26. The van der Waals surface area contributed by atoms with Crippen LogP contribution in [0.3, 0.4) is 0 Å². The normalized spacial score (nSPS) is 11.8. The second-order valence-electron chi connectivity index (χ2n) is 6.23. The molecule has 3 rings (SSSR count). The molecule has 1 heterocycles. The lowest BCUT2D eigenvalue weighted by atomic mass is 9.91. The number of carboxylic acids is 2. The quantitative estimate of drug-likeness (QED) is 0.563. The lowest BCUT2D eigenvalue weighted by molar-refractivity contribution is -0.156. The minimum Gasteiger partial charge on any atom is -0.497 e. The molecular formula is C21H20N2O6. The second-order valence-corrected chi connectivity index (χ2v) is 6.23. The van der Waals surface area contributed by atoms with Crippen molar-refractivity contribution in [2.45, 2.75) is 6.04 Å². The molecule has 0 fully saturated rings. The third kappa shape index (κ3) is 3.91. The largest absolute Gasteiger partial charge is 0.497 e. The lowest BCUT2D eigenvalue weighted by Gasteiger charge is -2.26. The number of hydrogen-bond acceptors (Lipinski definition) is 5. The highest BCUT2D eigenvalue weighted by Gasteiger charge is 2.39. The Morgan fingerprint density at radius 3 is 2.28 bits per heavy atom. The smallest absolute Gasteiger partial charge is 0.320 e. The molecule has 3 aromatic rings. The molecule has 1 aromatic heterocycles. The van der Waals surface area contributed by atoms with Crippen molar-refractivity contribution in [2.75, 3.05) is 14.2 Å². The van der Waals surface area contributed by atoms with Gasteiger partial charge >= 0.3 is 11.9 Å². The molecule has 0 aliphatic heterocycles. The van der Waals surface area contributed by atoms with E-state index in [9.17, 15) is 19.8 Å². The van der Waals surface area contributed by atoms with Gasteiger partial charge in [0.25, 0.3) is 0 Å². The fourth-order valence-electron chi connectivity index (χ4n) is 3.28. The van der Waals surface area contributed by atoms with E-state index in [-0.39, 0.29) is 0 Å². The van der Waals surface area contributed by atoms with Gasteiger partial charge in [-0.05, 0) is 12.1 Å². The summed E-state index contributed by atoms with van der Waals surface area (Å²) in [7, 11) is 2.92. The minimum absolute atomic E-state index is 0.314. The van der Waals surface area contributed by atoms with Crippen molar-refractivity contribution < 1.29 is 29.3 Å². The molecule has 2 aromatic carbocycles. The van der Waals surface area contributed by atoms with Crippen molar-refractivity contribution in [3.63, 3.8) is 0 Å². The molecule has 0 saturated heterocycles. The van der Waals surface area contributed by atoms with Crippen molar-refractivity contribution in [2.24, 2.45) is 5.92 Å². The average molecular weight is 396 g/mol. The van der Waals surface area contributed by atoms with Crippen LogP contribution in [0.4, 0.5) is 0 Å². The van der Waals surface area contributed by atoms with Gasteiger partial charge < -0.3 is 24.3 Å². The molecule has 0 aliphatic carbocycles. The SMILES string of the molecule is COc1ccc(C(C(C(=O)O)C(=O)O)n2ccnc2-c2ccccc2)c(OC)c1. The van der Waals surface area contributed by atoms with E-state index in [4.69, 9.17) is 9.47 Å². The summed E-state index contributed by atoms with van der Waals surface area (Å²) in [5, 5.41) is 19.4. The van der Waals surface area contributed by atoms with Gasteiger partial charge in [0, 0.05) is 29.6 Å². The molecule has 0 saturated carbocycles. The van der Waals surface area contributed by atoms with Crippen LogP contribution in [0.25, 0.3) is 11.4 Å². The first-order valence-corrected chi connectivity index (χ1v) is 8.73. The predicted molar refractivity (Wildman–Crippen MR) is 104 cm³/mol. The fraction of sp³-hybridized carbons (Fsp3) is 0.190. The van der Waals surface area contributed by atoms with E-state index in [0.29, 0.717) is 22.9 Å². The highest BCUT2D eigenvalue weighted by molar-refractivity contribution is 5.94. The van der Waals surface area contributed by atoms with Crippen LogP contribution in [-0.2, 0) is 9.59 Å². The van der Waals surface area contributed by atoms with Gasteiger partial charge in [-0.25, -0.2) is 4.98 Å². The molecule has 2 N–H and O–H groups in total. The zero-order chi connectivity index (χ0) is 21.0. The Kier molecular flexibility index (Phi) is 5.82. The van der Waals surface area contributed by atoms with Gasteiger partial charge in [0.2, 0.25) is 0 Å². The summed E-state index contributed by atoms with van der Waals surface area (Å²) in [6.45, 7) is 0. The number of methoxy groups -OCH3 is 2. The van der Waals surface area contributed by atoms with Gasteiger partial charge in [-0.1, -0.05) is 30.3 Å². The van der Waals surface area contributed by atoms with E-state index in [1.54, 1.807) is 29.0 Å². The summed E-state index contributed by atoms with van der Waals surface area (Å²) in [6, 6.07) is 12.8. The molecule has 0 bridgehead atoms. The summed E-state index contributed by atoms with van der Waals surface area (Å²) in [5.74, 6) is -3.44. The number of carbonyl (C=O) groups is 2. The van der Waals surface area contributed by atoms with Crippen LogP contribution in [0.2, 0.25) is 0 Å². The molecule has 8 nitrogen and oxygen atoms in total. The van der Waals surface area contributed by atoms with E-state index in [1.165, 1.54) is 20.4 Å². The maximum absolute atomic E-state index is 11.9. The molecule has 0 radical (unpaired) electrons.